The Hall–Kier alpha value is -2.57. The molecule has 26 heavy (non-hydrogen) atoms. The SMILES string of the molecule is CC(C(=O)Nc1cc(Cl)ccc1Cl)N1C(=O)NC(c2ccccc2)C1=O. The van der Waals surface area contributed by atoms with Crippen LogP contribution in [0.25, 0.3) is 0 Å². The Kier molecular flexibility index (Phi) is 5.15. The largest absolute Gasteiger partial charge is 0.325 e. The molecule has 1 aliphatic rings. The summed E-state index contributed by atoms with van der Waals surface area (Å²) in [6.07, 6.45) is 0. The van der Waals surface area contributed by atoms with Gasteiger partial charge in [0.15, 0.2) is 0 Å². The first-order valence-corrected chi connectivity index (χ1v) is 8.58. The number of hydrogen-bond acceptors (Lipinski definition) is 3. The predicted molar refractivity (Wildman–Crippen MR) is 99.1 cm³/mol. The lowest BCUT2D eigenvalue weighted by Gasteiger charge is -2.21. The van der Waals surface area contributed by atoms with Crippen molar-refractivity contribution in [3.05, 3.63) is 64.1 Å². The van der Waals surface area contributed by atoms with Crippen molar-refractivity contribution in [1.29, 1.82) is 0 Å². The van der Waals surface area contributed by atoms with E-state index in [1.165, 1.54) is 13.0 Å². The molecule has 1 aliphatic heterocycles. The van der Waals surface area contributed by atoms with Gasteiger partial charge >= 0.3 is 6.03 Å². The minimum absolute atomic E-state index is 0.300. The Bertz CT molecular complexity index is 873. The Balaban J connectivity index is 1.77. The van der Waals surface area contributed by atoms with E-state index in [1.807, 2.05) is 6.07 Å². The number of hydrogen-bond donors (Lipinski definition) is 2. The molecule has 2 aromatic rings. The van der Waals surface area contributed by atoms with Crippen LogP contribution < -0.4 is 10.6 Å². The van der Waals surface area contributed by atoms with Gasteiger partial charge in [-0.25, -0.2) is 9.69 Å². The standard InChI is InChI=1S/C18H15Cl2N3O3/c1-10(16(24)21-14-9-12(19)7-8-13(14)20)23-17(25)15(22-18(23)26)11-5-3-2-4-6-11/h2-10,15H,1H3,(H,21,24)(H,22,26). The minimum atomic E-state index is -1.02. The van der Waals surface area contributed by atoms with E-state index >= 15 is 0 Å². The molecule has 0 bridgehead atoms. The lowest BCUT2D eigenvalue weighted by atomic mass is 10.1. The van der Waals surface area contributed by atoms with Gasteiger partial charge in [0.05, 0.1) is 10.7 Å². The summed E-state index contributed by atoms with van der Waals surface area (Å²) < 4.78 is 0. The number of amides is 4. The molecule has 0 aliphatic carbocycles. The molecule has 1 heterocycles. The number of carbonyl (C=O) groups is 3. The van der Waals surface area contributed by atoms with Gasteiger partial charge in [0, 0.05) is 5.02 Å². The fourth-order valence-electron chi connectivity index (χ4n) is 2.68. The zero-order valence-corrected chi connectivity index (χ0v) is 15.2. The van der Waals surface area contributed by atoms with E-state index in [0.717, 1.165) is 4.90 Å². The van der Waals surface area contributed by atoms with E-state index < -0.39 is 29.9 Å². The smallest absolute Gasteiger partial charge is 0.323 e. The molecule has 6 nitrogen and oxygen atoms in total. The van der Waals surface area contributed by atoms with E-state index in [-0.39, 0.29) is 0 Å². The summed E-state index contributed by atoms with van der Waals surface area (Å²) in [7, 11) is 0. The summed E-state index contributed by atoms with van der Waals surface area (Å²) in [5.74, 6) is -1.03. The molecule has 8 heteroatoms. The average molecular weight is 392 g/mol. The highest BCUT2D eigenvalue weighted by Crippen LogP contribution is 2.27. The van der Waals surface area contributed by atoms with Crippen LogP contribution in [-0.4, -0.2) is 28.8 Å². The first kappa shape index (κ1) is 18.2. The number of anilines is 1. The minimum Gasteiger partial charge on any atom is -0.323 e. The fraction of sp³-hybridized carbons (Fsp3) is 0.167. The van der Waals surface area contributed by atoms with Gasteiger partial charge in [0.2, 0.25) is 5.91 Å². The first-order valence-electron chi connectivity index (χ1n) is 7.83. The van der Waals surface area contributed by atoms with Gasteiger partial charge in [-0.05, 0) is 30.7 Å². The summed E-state index contributed by atoms with van der Waals surface area (Å²) in [5.41, 5.74) is 0.960. The van der Waals surface area contributed by atoms with Crippen LogP contribution in [-0.2, 0) is 9.59 Å². The van der Waals surface area contributed by atoms with Gasteiger partial charge in [-0.3, -0.25) is 9.59 Å². The van der Waals surface area contributed by atoms with Crippen molar-refractivity contribution in [1.82, 2.24) is 10.2 Å². The van der Waals surface area contributed by atoms with Crippen LogP contribution in [0.2, 0.25) is 10.0 Å². The van der Waals surface area contributed by atoms with Gasteiger partial charge in [-0.1, -0.05) is 53.5 Å². The quantitative estimate of drug-likeness (QED) is 0.781. The van der Waals surface area contributed by atoms with Crippen LogP contribution in [0.15, 0.2) is 48.5 Å². The van der Waals surface area contributed by atoms with Crippen LogP contribution in [0.1, 0.15) is 18.5 Å². The van der Waals surface area contributed by atoms with E-state index in [2.05, 4.69) is 10.6 Å². The molecule has 2 aromatic carbocycles. The molecule has 3 rings (SSSR count). The second-order valence-corrected chi connectivity index (χ2v) is 6.63. The van der Waals surface area contributed by atoms with Crippen molar-refractivity contribution >= 4 is 46.7 Å². The Morgan fingerprint density at radius 2 is 1.85 bits per heavy atom. The monoisotopic (exact) mass is 391 g/mol. The van der Waals surface area contributed by atoms with Crippen LogP contribution in [0, 0.1) is 0 Å². The number of benzene rings is 2. The maximum atomic E-state index is 12.7. The normalized spacial score (nSPS) is 17.8. The molecule has 134 valence electrons. The number of rotatable bonds is 4. The number of carbonyl (C=O) groups excluding carboxylic acids is 3. The molecular formula is C18H15Cl2N3O3. The van der Waals surface area contributed by atoms with Crippen molar-refractivity contribution < 1.29 is 14.4 Å². The van der Waals surface area contributed by atoms with Crippen LogP contribution in [0.5, 0.6) is 0 Å². The van der Waals surface area contributed by atoms with Crippen molar-refractivity contribution in [3.63, 3.8) is 0 Å². The number of imide groups is 1. The molecule has 1 fully saturated rings. The molecular weight excluding hydrogens is 377 g/mol. The Morgan fingerprint density at radius 3 is 2.54 bits per heavy atom. The van der Waals surface area contributed by atoms with Crippen LogP contribution in [0.4, 0.5) is 10.5 Å². The Morgan fingerprint density at radius 1 is 1.15 bits per heavy atom. The first-order chi connectivity index (χ1) is 12.4. The van der Waals surface area contributed by atoms with Crippen LogP contribution in [0.3, 0.4) is 0 Å². The number of halogens is 2. The summed E-state index contributed by atoms with van der Waals surface area (Å²) in [6.45, 7) is 1.47. The zero-order valence-electron chi connectivity index (χ0n) is 13.7. The third-order valence-electron chi connectivity index (χ3n) is 4.06. The zero-order chi connectivity index (χ0) is 18.8. The van der Waals surface area contributed by atoms with Crippen molar-refractivity contribution in [2.75, 3.05) is 5.32 Å². The predicted octanol–water partition coefficient (Wildman–Crippen LogP) is 3.61. The maximum absolute atomic E-state index is 12.7. The molecule has 0 spiro atoms. The maximum Gasteiger partial charge on any atom is 0.325 e. The number of nitrogens with one attached hydrogen (secondary N) is 2. The molecule has 2 atom stereocenters. The average Bonchev–Trinajstić information content (AvgIpc) is 2.92. The molecule has 1 saturated heterocycles. The third-order valence-corrected chi connectivity index (χ3v) is 4.62. The topological polar surface area (TPSA) is 78.5 Å². The number of urea groups is 1. The van der Waals surface area contributed by atoms with Gasteiger partial charge in [-0.2, -0.15) is 0 Å². The van der Waals surface area contributed by atoms with Crippen molar-refractivity contribution in [2.24, 2.45) is 0 Å². The lowest BCUT2D eigenvalue weighted by Crippen LogP contribution is -2.45. The van der Waals surface area contributed by atoms with E-state index in [9.17, 15) is 14.4 Å². The van der Waals surface area contributed by atoms with Gasteiger partial charge < -0.3 is 10.6 Å². The Labute approximate surface area is 160 Å². The molecule has 2 N–H and O–H groups in total. The number of nitrogens with zero attached hydrogens (tertiary/aromatic N) is 1. The second-order valence-electron chi connectivity index (χ2n) is 5.79. The highest BCUT2D eigenvalue weighted by atomic mass is 35.5. The summed E-state index contributed by atoms with van der Waals surface area (Å²) in [4.78, 5) is 38.3. The lowest BCUT2D eigenvalue weighted by molar-refractivity contribution is -0.133. The molecule has 0 aromatic heterocycles. The van der Waals surface area contributed by atoms with Gasteiger partial charge in [0.25, 0.3) is 5.91 Å². The van der Waals surface area contributed by atoms with Crippen molar-refractivity contribution in [3.8, 4) is 0 Å². The molecule has 0 saturated carbocycles. The molecule has 0 radical (unpaired) electrons. The summed E-state index contributed by atoms with van der Waals surface area (Å²) >= 11 is 11.9. The highest BCUT2D eigenvalue weighted by Gasteiger charge is 2.43. The highest BCUT2D eigenvalue weighted by molar-refractivity contribution is 6.35. The van der Waals surface area contributed by atoms with Gasteiger partial charge in [-0.15, -0.1) is 0 Å². The molecule has 4 amide bonds. The van der Waals surface area contributed by atoms with E-state index in [0.29, 0.717) is 21.3 Å². The summed E-state index contributed by atoms with van der Waals surface area (Å²) in [6, 6.07) is 11.0. The second kappa shape index (κ2) is 7.35. The van der Waals surface area contributed by atoms with Crippen molar-refractivity contribution in [2.45, 2.75) is 19.0 Å². The summed E-state index contributed by atoms with van der Waals surface area (Å²) in [5, 5.41) is 5.89. The third kappa shape index (κ3) is 3.52. The molecule has 2 unspecified atom stereocenters. The van der Waals surface area contributed by atoms with Gasteiger partial charge in [0.1, 0.15) is 12.1 Å². The van der Waals surface area contributed by atoms with Crippen LogP contribution >= 0.6 is 23.2 Å². The van der Waals surface area contributed by atoms with E-state index in [1.54, 1.807) is 36.4 Å². The van der Waals surface area contributed by atoms with E-state index in [4.69, 9.17) is 23.2 Å². The fourth-order valence-corrected chi connectivity index (χ4v) is 3.02.